The summed E-state index contributed by atoms with van der Waals surface area (Å²) in [6.07, 6.45) is 8.71. The molecule has 1 aliphatic rings. The van der Waals surface area contributed by atoms with Gasteiger partial charge in [0.15, 0.2) is 0 Å². The molecule has 2 N–H and O–H groups in total. The molecule has 0 saturated carbocycles. The third-order valence-electron chi connectivity index (χ3n) is 7.16. The van der Waals surface area contributed by atoms with E-state index in [1.165, 1.54) is 11.3 Å². The minimum absolute atomic E-state index is 0.365. The molecule has 1 saturated heterocycles. The highest BCUT2D eigenvalue weighted by atomic mass is 16.5. The predicted octanol–water partition coefficient (Wildman–Crippen LogP) is 4.48. The first-order valence-electron chi connectivity index (χ1n) is 13.4. The smallest absolute Gasteiger partial charge is 0.225 e. The lowest BCUT2D eigenvalue weighted by Crippen LogP contribution is -2.39. The maximum absolute atomic E-state index is 5.69. The minimum Gasteiger partial charge on any atom is -0.496 e. The van der Waals surface area contributed by atoms with Crippen molar-refractivity contribution >= 4 is 28.4 Å². The van der Waals surface area contributed by atoms with Crippen molar-refractivity contribution in [2.24, 2.45) is 0 Å². The molecular formula is C29H38N8O. The van der Waals surface area contributed by atoms with Crippen LogP contribution in [0.2, 0.25) is 0 Å². The van der Waals surface area contributed by atoms with Gasteiger partial charge in [0, 0.05) is 81.9 Å². The normalized spacial score (nSPS) is 14.5. The Labute approximate surface area is 224 Å². The van der Waals surface area contributed by atoms with E-state index in [-0.39, 0.29) is 0 Å². The van der Waals surface area contributed by atoms with Gasteiger partial charge in [-0.05, 0) is 43.5 Å². The van der Waals surface area contributed by atoms with Crippen molar-refractivity contribution in [2.45, 2.75) is 38.4 Å². The van der Waals surface area contributed by atoms with Crippen molar-refractivity contribution in [3.05, 3.63) is 66.7 Å². The SMILES string of the molecule is COc1cccc(N(C)C)c1CN1CCC(Nc2nc(NCCCn3ccnc3)nc3ccccc23)CC1. The van der Waals surface area contributed by atoms with Gasteiger partial charge < -0.3 is 24.8 Å². The Morgan fingerprint density at radius 3 is 2.66 bits per heavy atom. The van der Waals surface area contributed by atoms with Crippen LogP contribution in [0.25, 0.3) is 10.9 Å². The van der Waals surface area contributed by atoms with Crippen LogP contribution >= 0.6 is 0 Å². The number of hydrogen-bond acceptors (Lipinski definition) is 8. The van der Waals surface area contributed by atoms with Crippen molar-refractivity contribution in [3.63, 3.8) is 0 Å². The van der Waals surface area contributed by atoms with Crippen LogP contribution in [-0.4, -0.2) is 71.3 Å². The number of methoxy groups -OCH3 is 1. The number of ether oxygens (including phenoxy) is 1. The fraction of sp³-hybridized carbons (Fsp3) is 0.414. The highest BCUT2D eigenvalue weighted by Gasteiger charge is 2.23. The summed E-state index contributed by atoms with van der Waals surface area (Å²) in [5, 5.41) is 8.23. The zero-order valence-electron chi connectivity index (χ0n) is 22.6. The highest BCUT2D eigenvalue weighted by Crippen LogP contribution is 2.31. The number of rotatable bonds is 11. The maximum atomic E-state index is 5.69. The topological polar surface area (TPSA) is 83.4 Å². The molecule has 38 heavy (non-hydrogen) atoms. The molecule has 0 bridgehead atoms. The summed E-state index contributed by atoms with van der Waals surface area (Å²) >= 11 is 0. The van der Waals surface area contributed by atoms with Crippen LogP contribution in [0, 0.1) is 0 Å². The van der Waals surface area contributed by atoms with Gasteiger partial charge in [-0.2, -0.15) is 4.98 Å². The molecule has 3 heterocycles. The van der Waals surface area contributed by atoms with E-state index in [4.69, 9.17) is 14.7 Å². The second-order valence-corrected chi connectivity index (χ2v) is 10.0. The third kappa shape index (κ3) is 6.16. The standard InChI is InChI=1S/C29H38N8O/c1-35(2)26-10-6-11-27(38-3)24(26)20-36-17-12-22(13-18-36)32-28-23-8-4-5-9-25(23)33-29(34-28)31-14-7-16-37-19-15-30-21-37/h4-6,8-11,15,19,21-22H,7,12-14,16-18,20H2,1-3H3,(H2,31,32,33,34). The lowest BCUT2D eigenvalue weighted by molar-refractivity contribution is 0.209. The van der Waals surface area contributed by atoms with Gasteiger partial charge >= 0.3 is 0 Å². The first kappa shape index (κ1) is 25.8. The van der Waals surface area contributed by atoms with E-state index in [0.29, 0.717) is 12.0 Å². The predicted molar refractivity (Wildman–Crippen MR) is 154 cm³/mol. The van der Waals surface area contributed by atoms with Gasteiger partial charge in [-0.15, -0.1) is 0 Å². The number of fused-ring (bicyclic) bond motifs is 1. The van der Waals surface area contributed by atoms with Crippen LogP contribution in [0.15, 0.2) is 61.2 Å². The highest BCUT2D eigenvalue weighted by molar-refractivity contribution is 5.90. The Bertz CT molecular complexity index is 1320. The Morgan fingerprint density at radius 2 is 1.89 bits per heavy atom. The number of aryl methyl sites for hydroxylation is 1. The summed E-state index contributed by atoms with van der Waals surface area (Å²) in [5.41, 5.74) is 3.41. The number of aromatic nitrogens is 4. The number of piperidine rings is 1. The van der Waals surface area contributed by atoms with Gasteiger partial charge in [-0.25, -0.2) is 9.97 Å². The molecule has 2 aromatic carbocycles. The zero-order chi connectivity index (χ0) is 26.3. The lowest BCUT2D eigenvalue weighted by atomic mass is 10.0. The van der Waals surface area contributed by atoms with Crippen molar-refractivity contribution < 1.29 is 4.74 Å². The number of para-hydroxylation sites is 1. The van der Waals surface area contributed by atoms with Gasteiger partial charge in [-0.3, -0.25) is 4.90 Å². The molecule has 4 aromatic rings. The fourth-order valence-electron chi connectivity index (χ4n) is 5.12. The van der Waals surface area contributed by atoms with E-state index in [9.17, 15) is 0 Å². The molecule has 200 valence electrons. The summed E-state index contributed by atoms with van der Waals surface area (Å²) in [5.74, 6) is 2.53. The second kappa shape index (κ2) is 12.1. The van der Waals surface area contributed by atoms with E-state index in [1.807, 2.05) is 30.9 Å². The third-order valence-corrected chi connectivity index (χ3v) is 7.16. The van der Waals surface area contributed by atoms with Crippen molar-refractivity contribution in [3.8, 4) is 5.75 Å². The Balaban J connectivity index is 1.21. The number of imidazole rings is 1. The van der Waals surface area contributed by atoms with E-state index < -0.39 is 0 Å². The van der Waals surface area contributed by atoms with E-state index in [2.05, 4.69) is 74.4 Å². The van der Waals surface area contributed by atoms with Gasteiger partial charge in [0.1, 0.15) is 11.6 Å². The number of nitrogens with zero attached hydrogens (tertiary/aromatic N) is 6. The Kier molecular flexibility index (Phi) is 8.23. The molecule has 0 spiro atoms. The molecule has 9 heteroatoms. The molecule has 1 fully saturated rings. The van der Waals surface area contributed by atoms with Gasteiger partial charge in [0.25, 0.3) is 0 Å². The van der Waals surface area contributed by atoms with Crippen molar-refractivity contribution in [2.75, 3.05) is 56.4 Å². The molecule has 0 atom stereocenters. The van der Waals surface area contributed by atoms with E-state index >= 15 is 0 Å². The maximum Gasteiger partial charge on any atom is 0.225 e. The molecule has 9 nitrogen and oxygen atoms in total. The summed E-state index contributed by atoms with van der Waals surface area (Å²) in [4.78, 5) is 18.4. The van der Waals surface area contributed by atoms with Crippen LogP contribution in [0.5, 0.6) is 5.75 Å². The molecular weight excluding hydrogens is 476 g/mol. The summed E-state index contributed by atoms with van der Waals surface area (Å²) < 4.78 is 7.77. The van der Waals surface area contributed by atoms with E-state index in [1.54, 1.807) is 7.11 Å². The molecule has 0 radical (unpaired) electrons. The Morgan fingerprint density at radius 1 is 1.05 bits per heavy atom. The molecule has 0 aliphatic carbocycles. The largest absolute Gasteiger partial charge is 0.496 e. The van der Waals surface area contributed by atoms with Crippen LogP contribution < -0.4 is 20.3 Å². The molecule has 2 aromatic heterocycles. The second-order valence-electron chi connectivity index (χ2n) is 10.0. The number of anilines is 3. The quantitative estimate of drug-likeness (QED) is 0.284. The van der Waals surface area contributed by atoms with Crippen molar-refractivity contribution in [1.82, 2.24) is 24.4 Å². The number of hydrogen-bond donors (Lipinski definition) is 2. The Hall–Kier alpha value is -3.85. The molecule has 1 aliphatic heterocycles. The first-order chi connectivity index (χ1) is 18.6. The molecule has 0 unspecified atom stereocenters. The lowest BCUT2D eigenvalue weighted by Gasteiger charge is -2.34. The number of benzene rings is 2. The van der Waals surface area contributed by atoms with Crippen LogP contribution in [-0.2, 0) is 13.1 Å². The minimum atomic E-state index is 0.365. The fourth-order valence-corrected chi connectivity index (χ4v) is 5.12. The average Bonchev–Trinajstić information content (AvgIpc) is 3.46. The average molecular weight is 515 g/mol. The molecule has 5 rings (SSSR count). The van der Waals surface area contributed by atoms with Gasteiger partial charge in [0.2, 0.25) is 5.95 Å². The monoisotopic (exact) mass is 514 g/mol. The van der Waals surface area contributed by atoms with E-state index in [0.717, 1.165) is 74.5 Å². The van der Waals surface area contributed by atoms with Crippen molar-refractivity contribution in [1.29, 1.82) is 0 Å². The number of likely N-dealkylation sites (tertiary alicyclic amines) is 1. The zero-order valence-corrected chi connectivity index (χ0v) is 22.6. The van der Waals surface area contributed by atoms with Crippen LogP contribution in [0.3, 0.4) is 0 Å². The molecule has 0 amide bonds. The van der Waals surface area contributed by atoms with Crippen LogP contribution in [0.4, 0.5) is 17.5 Å². The number of nitrogens with one attached hydrogen (secondary N) is 2. The van der Waals surface area contributed by atoms with Gasteiger partial charge in [-0.1, -0.05) is 18.2 Å². The van der Waals surface area contributed by atoms with Gasteiger partial charge in [0.05, 0.1) is 19.0 Å². The summed E-state index contributed by atoms with van der Waals surface area (Å²) in [7, 11) is 5.93. The summed E-state index contributed by atoms with van der Waals surface area (Å²) in [6.45, 7) is 4.63. The summed E-state index contributed by atoms with van der Waals surface area (Å²) in [6, 6.07) is 14.9. The first-order valence-corrected chi connectivity index (χ1v) is 13.4. The van der Waals surface area contributed by atoms with Crippen LogP contribution in [0.1, 0.15) is 24.8 Å².